The molecule has 1 aromatic carbocycles. The van der Waals surface area contributed by atoms with Crippen LogP contribution in [-0.2, 0) is 10.0 Å². The number of nitrogens with two attached hydrogens (primary N) is 1. The lowest BCUT2D eigenvalue weighted by atomic mass is 9.94. The number of methoxy groups -OCH3 is 1. The maximum absolute atomic E-state index is 12.8. The molecule has 1 aromatic rings. The molecule has 0 saturated heterocycles. The fraction of sp³-hybridized carbons (Fsp3) is 0.571. The van der Waals surface area contributed by atoms with Crippen LogP contribution < -0.4 is 10.5 Å². The standard InChI is InChI=1S/C14H23ClN2O3S/c1-5-17(10-14(2,3)9-16)21(18,19)13-7-6-11(15)8-12(13)20-4/h6-8H,5,9-10,16H2,1-4H3. The average Bonchev–Trinajstić information content (AvgIpc) is 2.44. The van der Waals surface area contributed by atoms with Crippen molar-refractivity contribution in [2.45, 2.75) is 25.7 Å². The lowest BCUT2D eigenvalue weighted by Gasteiger charge is -2.30. The zero-order valence-corrected chi connectivity index (χ0v) is 14.5. The van der Waals surface area contributed by atoms with Crippen LogP contribution in [-0.4, -0.2) is 39.5 Å². The number of nitrogens with zero attached hydrogens (tertiary/aromatic N) is 1. The van der Waals surface area contributed by atoms with E-state index in [1.54, 1.807) is 13.0 Å². The van der Waals surface area contributed by atoms with E-state index in [-0.39, 0.29) is 16.1 Å². The molecule has 120 valence electrons. The molecule has 0 fully saturated rings. The van der Waals surface area contributed by atoms with E-state index in [2.05, 4.69) is 0 Å². The molecule has 5 nitrogen and oxygen atoms in total. The van der Waals surface area contributed by atoms with Gasteiger partial charge in [-0.15, -0.1) is 0 Å². The fourth-order valence-corrected chi connectivity index (χ4v) is 3.84. The van der Waals surface area contributed by atoms with Gasteiger partial charge in [0.25, 0.3) is 0 Å². The van der Waals surface area contributed by atoms with Gasteiger partial charge in [0.1, 0.15) is 10.6 Å². The monoisotopic (exact) mass is 334 g/mol. The van der Waals surface area contributed by atoms with Crippen LogP contribution in [0.25, 0.3) is 0 Å². The Labute approximate surface area is 132 Å². The van der Waals surface area contributed by atoms with Crippen LogP contribution in [0.4, 0.5) is 0 Å². The minimum absolute atomic E-state index is 0.115. The van der Waals surface area contributed by atoms with E-state index in [1.807, 2.05) is 13.8 Å². The van der Waals surface area contributed by atoms with Crippen LogP contribution in [0.15, 0.2) is 23.1 Å². The smallest absolute Gasteiger partial charge is 0.246 e. The molecule has 0 aromatic heterocycles. The van der Waals surface area contributed by atoms with E-state index in [9.17, 15) is 8.42 Å². The second-order valence-corrected chi connectivity index (χ2v) is 7.94. The summed E-state index contributed by atoms with van der Waals surface area (Å²) < 4.78 is 32.2. The Morgan fingerprint density at radius 1 is 1.38 bits per heavy atom. The molecule has 0 unspecified atom stereocenters. The van der Waals surface area contributed by atoms with Crippen molar-refractivity contribution in [3.05, 3.63) is 23.2 Å². The molecule has 21 heavy (non-hydrogen) atoms. The second kappa shape index (κ2) is 6.96. The first-order valence-corrected chi connectivity index (χ1v) is 8.53. The number of benzene rings is 1. The second-order valence-electron chi connectivity index (χ2n) is 5.59. The van der Waals surface area contributed by atoms with Crippen molar-refractivity contribution in [2.24, 2.45) is 11.1 Å². The Morgan fingerprint density at radius 2 is 2.00 bits per heavy atom. The summed E-state index contributed by atoms with van der Waals surface area (Å²) in [6.07, 6.45) is 0. The summed E-state index contributed by atoms with van der Waals surface area (Å²) in [5, 5.41) is 0.427. The predicted molar refractivity (Wildman–Crippen MR) is 85.3 cm³/mol. The summed E-state index contributed by atoms with van der Waals surface area (Å²) >= 11 is 5.88. The first-order chi connectivity index (χ1) is 9.67. The van der Waals surface area contributed by atoms with Gasteiger partial charge in [0.15, 0.2) is 0 Å². The zero-order valence-electron chi connectivity index (χ0n) is 12.9. The molecular weight excluding hydrogens is 312 g/mol. The predicted octanol–water partition coefficient (Wildman–Crippen LogP) is 2.34. The summed E-state index contributed by atoms with van der Waals surface area (Å²) in [5.74, 6) is 0.242. The van der Waals surface area contributed by atoms with E-state index in [0.717, 1.165) is 0 Å². The highest BCUT2D eigenvalue weighted by Gasteiger charge is 2.31. The Bertz CT molecular complexity index is 588. The molecule has 2 N–H and O–H groups in total. The topological polar surface area (TPSA) is 72.6 Å². The quantitative estimate of drug-likeness (QED) is 0.830. The van der Waals surface area contributed by atoms with Gasteiger partial charge in [0.2, 0.25) is 10.0 Å². The highest BCUT2D eigenvalue weighted by Crippen LogP contribution is 2.30. The van der Waals surface area contributed by atoms with Crippen LogP contribution in [0.2, 0.25) is 5.02 Å². The van der Waals surface area contributed by atoms with Gasteiger partial charge in [-0.2, -0.15) is 4.31 Å². The van der Waals surface area contributed by atoms with E-state index in [1.165, 1.54) is 23.5 Å². The lowest BCUT2D eigenvalue weighted by Crippen LogP contribution is -2.42. The van der Waals surface area contributed by atoms with Crippen molar-refractivity contribution in [1.29, 1.82) is 0 Å². The minimum Gasteiger partial charge on any atom is -0.495 e. The summed E-state index contributed by atoms with van der Waals surface area (Å²) in [6.45, 7) is 6.77. The molecule has 0 atom stereocenters. The van der Waals surface area contributed by atoms with Gasteiger partial charge in [0.05, 0.1) is 7.11 Å². The number of sulfonamides is 1. The lowest BCUT2D eigenvalue weighted by molar-refractivity contribution is 0.272. The largest absolute Gasteiger partial charge is 0.495 e. The first-order valence-electron chi connectivity index (χ1n) is 6.71. The maximum atomic E-state index is 12.8. The van der Waals surface area contributed by atoms with Crippen LogP contribution in [0.3, 0.4) is 0 Å². The van der Waals surface area contributed by atoms with Crippen LogP contribution in [0, 0.1) is 5.41 Å². The molecule has 0 amide bonds. The van der Waals surface area contributed by atoms with Gasteiger partial charge in [-0.1, -0.05) is 32.4 Å². The molecule has 0 aliphatic heterocycles. The molecule has 0 radical (unpaired) electrons. The summed E-state index contributed by atoms with van der Waals surface area (Å²) in [5.41, 5.74) is 5.40. The van der Waals surface area contributed by atoms with Crippen LogP contribution >= 0.6 is 11.6 Å². The molecule has 7 heteroatoms. The Kier molecular flexibility index (Phi) is 6.04. The third kappa shape index (κ3) is 4.32. The van der Waals surface area contributed by atoms with Crippen molar-refractivity contribution >= 4 is 21.6 Å². The number of hydrogen-bond donors (Lipinski definition) is 1. The fourth-order valence-electron chi connectivity index (χ4n) is 1.90. The van der Waals surface area contributed by atoms with Crippen molar-refractivity contribution in [3.63, 3.8) is 0 Å². The SMILES string of the molecule is CCN(CC(C)(C)CN)S(=O)(=O)c1ccc(Cl)cc1OC. The Morgan fingerprint density at radius 3 is 2.48 bits per heavy atom. The highest BCUT2D eigenvalue weighted by molar-refractivity contribution is 7.89. The molecule has 0 saturated carbocycles. The van der Waals surface area contributed by atoms with Gasteiger partial charge in [-0.3, -0.25) is 0 Å². The molecule has 0 bridgehead atoms. The van der Waals surface area contributed by atoms with Crippen molar-refractivity contribution in [3.8, 4) is 5.75 Å². The molecule has 0 aliphatic carbocycles. The molecular formula is C14H23ClN2O3S. The maximum Gasteiger partial charge on any atom is 0.246 e. The Balaban J connectivity index is 3.25. The minimum atomic E-state index is -3.66. The number of ether oxygens (including phenoxy) is 1. The van der Waals surface area contributed by atoms with Gasteiger partial charge in [-0.25, -0.2) is 8.42 Å². The summed E-state index contributed by atoms with van der Waals surface area (Å²) in [4.78, 5) is 0.115. The van der Waals surface area contributed by atoms with Crippen molar-refractivity contribution in [2.75, 3.05) is 26.7 Å². The van der Waals surface area contributed by atoms with E-state index < -0.39 is 10.0 Å². The van der Waals surface area contributed by atoms with Crippen molar-refractivity contribution < 1.29 is 13.2 Å². The van der Waals surface area contributed by atoms with Gasteiger partial charge < -0.3 is 10.5 Å². The van der Waals surface area contributed by atoms with Crippen LogP contribution in [0.1, 0.15) is 20.8 Å². The molecule has 1 rings (SSSR count). The summed E-state index contributed by atoms with van der Waals surface area (Å²) in [7, 11) is -2.24. The van der Waals surface area contributed by atoms with Gasteiger partial charge >= 0.3 is 0 Å². The van der Waals surface area contributed by atoms with Gasteiger partial charge in [-0.05, 0) is 24.1 Å². The first kappa shape index (κ1) is 18.2. The highest BCUT2D eigenvalue weighted by atomic mass is 35.5. The average molecular weight is 335 g/mol. The van der Waals surface area contributed by atoms with Crippen molar-refractivity contribution in [1.82, 2.24) is 4.31 Å². The third-order valence-corrected chi connectivity index (χ3v) is 5.45. The summed E-state index contributed by atoms with van der Waals surface area (Å²) in [6, 6.07) is 4.50. The molecule has 0 spiro atoms. The number of hydrogen-bond acceptors (Lipinski definition) is 4. The Hall–Kier alpha value is -0.820. The molecule has 0 aliphatic rings. The van der Waals surface area contributed by atoms with E-state index in [0.29, 0.717) is 24.7 Å². The normalized spacial score (nSPS) is 12.7. The number of rotatable bonds is 7. The van der Waals surface area contributed by atoms with E-state index >= 15 is 0 Å². The van der Waals surface area contributed by atoms with Gasteiger partial charge in [0, 0.05) is 24.2 Å². The zero-order chi connectivity index (χ0) is 16.3. The van der Waals surface area contributed by atoms with E-state index in [4.69, 9.17) is 22.1 Å². The molecule has 0 heterocycles. The third-order valence-electron chi connectivity index (χ3n) is 3.25. The van der Waals surface area contributed by atoms with Crippen LogP contribution in [0.5, 0.6) is 5.75 Å². The number of halogens is 1.